The van der Waals surface area contributed by atoms with Gasteiger partial charge in [0.1, 0.15) is 6.17 Å². The zero-order valence-corrected chi connectivity index (χ0v) is 17.0. The van der Waals surface area contributed by atoms with Gasteiger partial charge in [-0.25, -0.2) is 0 Å². The summed E-state index contributed by atoms with van der Waals surface area (Å²) in [5.74, 6) is 0.135. The number of hydrogen-bond acceptors (Lipinski definition) is 2. The molecule has 30 heavy (non-hydrogen) atoms. The summed E-state index contributed by atoms with van der Waals surface area (Å²) in [6.45, 7) is 1.54. The minimum atomic E-state index is -0.0905. The maximum absolute atomic E-state index is 13.4. The van der Waals surface area contributed by atoms with Crippen LogP contribution in [0.2, 0.25) is 0 Å². The van der Waals surface area contributed by atoms with Gasteiger partial charge in [0.25, 0.3) is 5.91 Å². The van der Waals surface area contributed by atoms with Gasteiger partial charge < -0.3 is 14.4 Å². The van der Waals surface area contributed by atoms with Crippen LogP contribution >= 0.6 is 0 Å². The molecule has 0 N–H and O–H groups in total. The number of benzene rings is 3. The molecule has 0 saturated heterocycles. The monoisotopic (exact) mass is 393 g/mol. The van der Waals surface area contributed by atoms with Crippen LogP contribution in [0, 0.1) is 0 Å². The lowest BCUT2D eigenvalue weighted by Crippen LogP contribution is -2.51. The number of hydrogen-bond donors (Lipinski definition) is 0. The van der Waals surface area contributed by atoms with E-state index in [1.54, 1.807) is 0 Å². The molecule has 4 nitrogen and oxygen atoms in total. The molecule has 4 heteroatoms. The number of fused-ring (bicyclic) bond motifs is 6. The molecule has 1 atom stereocenters. The van der Waals surface area contributed by atoms with Crippen molar-refractivity contribution in [3.05, 3.63) is 101 Å². The van der Waals surface area contributed by atoms with Crippen molar-refractivity contribution < 1.29 is 4.79 Å². The average Bonchev–Trinajstić information content (AvgIpc) is 3.11. The molecule has 1 unspecified atom stereocenters. The van der Waals surface area contributed by atoms with Gasteiger partial charge in [-0.05, 0) is 35.7 Å². The molecule has 4 aromatic rings. The lowest BCUT2D eigenvalue weighted by Gasteiger charge is -2.46. The molecule has 3 aromatic carbocycles. The molecule has 0 fully saturated rings. The number of carbonyl (C=O) groups excluding carboxylic acids is 1. The molecule has 0 aliphatic carbocycles. The zero-order valence-electron chi connectivity index (χ0n) is 17.0. The van der Waals surface area contributed by atoms with E-state index in [1.807, 2.05) is 23.1 Å². The Bertz CT molecular complexity index is 1270. The third-order valence-electron chi connectivity index (χ3n) is 6.59. The summed E-state index contributed by atoms with van der Waals surface area (Å²) in [7, 11) is 2.11. The van der Waals surface area contributed by atoms with Gasteiger partial charge in [-0.15, -0.1) is 0 Å². The second-order valence-electron chi connectivity index (χ2n) is 8.20. The number of anilines is 1. The Hall–Kier alpha value is -3.53. The predicted octanol–water partition coefficient (Wildman–Crippen LogP) is 4.84. The normalized spacial score (nSPS) is 17.6. The molecule has 0 saturated carbocycles. The number of aromatic nitrogens is 1. The van der Waals surface area contributed by atoms with E-state index in [-0.39, 0.29) is 12.1 Å². The summed E-state index contributed by atoms with van der Waals surface area (Å²) in [5, 5.41) is 1.31. The SMILES string of the molecule is CN1c2ccccc2C(=O)N2CCc3c(n(Cc4ccccc4)c4ccccc34)C21. The summed E-state index contributed by atoms with van der Waals surface area (Å²) in [6.07, 6.45) is 0.794. The van der Waals surface area contributed by atoms with Crippen LogP contribution in [-0.2, 0) is 13.0 Å². The topological polar surface area (TPSA) is 28.5 Å². The maximum atomic E-state index is 13.4. The van der Waals surface area contributed by atoms with Gasteiger partial charge >= 0.3 is 0 Å². The van der Waals surface area contributed by atoms with Gasteiger partial charge in [0, 0.05) is 31.0 Å². The van der Waals surface area contributed by atoms with Gasteiger partial charge in [-0.3, -0.25) is 4.79 Å². The van der Waals surface area contributed by atoms with E-state index < -0.39 is 0 Å². The molecule has 0 spiro atoms. The zero-order chi connectivity index (χ0) is 20.2. The van der Waals surface area contributed by atoms with Gasteiger partial charge in [0.2, 0.25) is 0 Å². The summed E-state index contributed by atoms with van der Waals surface area (Å²) in [6, 6.07) is 27.2. The molecule has 2 aliphatic rings. The first kappa shape index (κ1) is 17.3. The Kier molecular flexibility index (Phi) is 3.75. The second kappa shape index (κ2) is 6.49. The van der Waals surface area contributed by atoms with E-state index in [2.05, 4.69) is 77.2 Å². The van der Waals surface area contributed by atoms with Crippen molar-refractivity contribution in [3.63, 3.8) is 0 Å². The highest BCUT2D eigenvalue weighted by Gasteiger charge is 2.42. The third kappa shape index (κ3) is 2.37. The highest BCUT2D eigenvalue weighted by Crippen LogP contribution is 2.44. The molecule has 1 aromatic heterocycles. The highest BCUT2D eigenvalue weighted by atomic mass is 16.2. The van der Waals surface area contributed by atoms with Crippen LogP contribution in [0.5, 0.6) is 0 Å². The first-order chi connectivity index (χ1) is 14.7. The van der Waals surface area contributed by atoms with Crippen LogP contribution in [0.15, 0.2) is 78.9 Å². The quantitative estimate of drug-likeness (QED) is 0.488. The fourth-order valence-electron chi connectivity index (χ4n) is 5.24. The summed E-state index contributed by atoms with van der Waals surface area (Å²) in [5.41, 5.74) is 6.94. The minimum absolute atomic E-state index is 0.0905. The van der Waals surface area contributed by atoms with Crippen molar-refractivity contribution in [1.29, 1.82) is 0 Å². The number of para-hydroxylation sites is 2. The van der Waals surface area contributed by atoms with E-state index in [0.29, 0.717) is 0 Å². The van der Waals surface area contributed by atoms with Crippen LogP contribution in [0.1, 0.15) is 33.3 Å². The third-order valence-corrected chi connectivity index (χ3v) is 6.59. The molecule has 0 bridgehead atoms. The molecule has 148 valence electrons. The number of nitrogens with zero attached hydrogens (tertiary/aromatic N) is 3. The van der Waals surface area contributed by atoms with E-state index in [0.717, 1.165) is 30.8 Å². The number of carbonyl (C=O) groups is 1. The largest absolute Gasteiger partial charge is 0.349 e. The van der Waals surface area contributed by atoms with Crippen molar-refractivity contribution in [2.75, 3.05) is 18.5 Å². The standard InChI is InChI=1S/C26H23N3O/c1-27-22-13-7-6-12-21(22)26(30)28-16-15-20-19-11-5-8-14-23(19)29(24(20)25(27)28)17-18-9-3-2-4-10-18/h2-14,25H,15-17H2,1H3. The van der Waals surface area contributed by atoms with Crippen molar-refractivity contribution in [2.24, 2.45) is 0 Å². The molecular formula is C26H23N3O. The Labute approximate surface area is 176 Å². The Balaban J connectivity index is 1.59. The Morgan fingerprint density at radius 1 is 0.900 bits per heavy atom. The van der Waals surface area contributed by atoms with E-state index >= 15 is 0 Å². The fraction of sp³-hybridized carbons (Fsp3) is 0.192. The summed E-state index contributed by atoms with van der Waals surface area (Å²) < 4.78 is 2.43. The van der Waals surface area contributed by atoms with Gasteiger partial charge in [0.15, 0.2) is 0 Å². The fourth-order valence-corrected chi connectivity index (χ4v) is 5.24. The van der Waals surface area contributed by atoms with Crippen molar-refractivity contribution in [3.8, 4) is 0 Å². The maximum Gasteiger partial charge on any atom is 0.257 e. The van der Waals surface area contributed by atoms with Gasteiger partial charge in [-0.1, -0.05) is 60.7 Å². The molecule has 1 amide bonds. The smallest absolute Gasteiger partial charge is 0.257 e. The lowest BCUT2D eigenvalue weighted by atomic mass is 9.96. The van der Waals surface area contributed by atoms with E-state index in [9.17, 15) is 4.79 Å². The van der Waals surface area contributed by atoms with Crippen LogP contribution in [0.3, 0.4) is 0 Å². The van der Waals surface area contributed by atoms with Crippen molar-refractivity contribution >= 4 is 22.5 Å². The first-order valence-corrected chi connectivity index (χ1v) is 10.5. The van der Waals surface area contributed by atoms with Crippen molar-refractivity contribution in [1.82, 2.24) is 9.47 Å². The number of amides is 1. The first-order valence-electron chi connectivity index (χ1n) is 10.5. The summed E-state index contributed by atoms with van der Waals surface area (Å²) >= 11 is 0. The molecule has 0 radical (unpaired) electrons. The van der Waals surface area contributed by atoms with E-state index in [4.69, 9.17) is 0 Å². The van der Waals surface area contributed by atoms with Gasteiger partial charge in [0.05, 0.1) is 16.9 Å². The predicted molar refractivity (Wildman–Crippen MR) is 120 cm³/mol. The van der Waals surface area contributed by atoms with Crippen molar-refractivity contribution in [2.45, 2.75) is 19.1 Å². The minimum Gasteiger partial charge on any atom is -0.349 e. The highest BCUT2D eigenvalue weighted by molar-refractivity contribution is 6.02. The second-order valence-corrected chi connectivity index (χ2v) is 8.20. The number of rotatable bonds is 2. The van der Waals surface area contributed by atoms with E-state index in [1.165, 1.54) is 27.7 Å². The lowest BCUT2D eigenvalue weighted by molar-refractivity contribution is 0.0630. The van der Waals surface area contributed by atoms with Crippen LogP contribution < -0.4 is 4.90 Å². The molecule has 2 aliphatic heterocycles. The Morgan fingerprint density at radius 3 is 2.50 bits per heavy atom. The van der Waals surface area contributed by atoms with Crippen LogP contribution in [0.25, 0.3) is 10.9 Å². The molecular weight excluding hydrogens is 370 g/mol. The molecule has 3 heterocycles. The van der Waals surface area contributed by atoms with Gasteiger partial charge in [-0.2, -0.15) is 0 Å². The Morgan fingerprint density at radius 2 is 1.63 bits per heavy atom. The summed E-state index contributed by atoms with van der Waals surface area (Å²) in [4.78, 5) is 17.7. The molecule has 6 rings (SSSR count). The van der Waals surface area contributed by atoms with Crippen LogP contribution in [0.4, 0.5) is 5.69 Å². The van der Waals surface area contributed by atoms with Crippen LogP contribution in [-0.4, -0.2) is 29.0 Å². The average molecular weight is 393 g/mol.